The average Bonchev–Trinajstić information content (AvgIpc) is 2.50. The van der Waals surface area contributed by atoms with Crippen LogP contribution in [0.15, 0.2) is 25.3 Å². The van der Waals surface area contributed by atoms with Crippen LogP contribution >= 0.6 is 24.4 Å². The van der Waals surface area contributed by atoms with Crippen molar-refractivity contribution in [2.24, 2.45) is 11.5 Å². The fourth-order valence-electron chi connectivity index (χ4n) is 1.64. The van der Waals surface area contributed by atoms with E-state index in [9.17, 15) is 9.59 Å². The highest BCUT2D eigenvalue weighted by atomic mass is 32.1. The molecule has 0 fully saturated rings. The van der Waals surface area contributed by atoms with Crippen molar-refractivity contribution in [3.63, 3.8) is 0 Å². The molecule has 10 heteroatoms. The van der Waals surface area contributed by atoms with Crippen LogP contribution < -0.4 is 22.1 Å². The quantitative estimate of drug-likeness (QED) is 0.201. The number of thiocarbonyl (C=S) groups is 2. The number of nitrogens with two attached hydrogens (primary N) is 2. The maximum absolute atomic E-state index is 11.8. The van der Waals surface area contributed by atoms with Crippen molar-refractivity contribution in [2.45, 2.75) is 0 Å². The summed E-state index contributed by atoms with van der Waals surface area (Å²) < 4.78 is 0. The first-order valence-corrected chi connectivity index (χ1v) is 7.97. The number of carbonyl (C=O) groups is 2. The van der Waals surface area contributed by atoms with Crippen LogP contribution in [-0.2, 0) is 9.59 Å². The Morgan fingerprint density at radius 3 is 1.46 bits per heavy atom. The van der Waals surface area contributed by atoms with Crippen LogP contribution in [0.25, 0.3) is 0 Å². The van der Waals surface area contributed by atoms with Gasteiger partial charge in [0.25, 0.3) is 0 Å². The van der Waals surface area contributed by atoms with Crippen LogP contribution in [0.1, 0.15) is 0 Å². The van der Waals surface area contributed by atoms with Gasteiger partial charge in [-0.05, 0) is 24.4 Å². The Bertz CT molecular complexity index is 454. The molecule has 0 bridgehead atoms. The summed E-state index contributed by atoms with van der Waals surface area (Å²) in [5, 5.41) is 5.56. The third-order valence-electron chi connectivity index (χ3n) is 2.76. The number of hydrogen-bond acceptors (Lipinski definition) is 4. The third kappa shape index (κ3) is 9.74. The molecular weight excluding hydrogens is 348 g/mol. The van der Waals surface area contributed by atoms with Crippen molar-refractivity contribution >= 4 is 46.5 Å². The second kappa shape index (κ2) is 12.3. The van der Waals surface area contributed by atoms with Gasteiger partial charge < -0.3 is 31.9 Å². The monoisotopic (exact) mass is 372 g/mol. The summed E-state index contributed by atoms with van der Waals surface area (Å²) in [5.41, 5.74) is 11.0. The van der Waals surface area contributed by atoms with Gasteiger partial charge in [0.05, 0.1) is 13.1 Å². The van der Waals surface area contributed by atoms with Gasteiger partial charge in [-0.3, -0.25) is 9.59 Å². The van der Waals surface area contributed by atoms with Gasteiger partial charge in [-0.25, -0.2) is 0 Å². The standard InChI is InChI=1S/C14H24N6O2S2/c1-3-7-19(13(15)23)9-11(21)17-5-6-18-12(22)10-20(8-4-2)14(16)24/h3-4H,1-2,5-10H2,(H2,15,23)(H2,16,24)(H,17,21)(H,18,22). The minimum Gasteiger partial charge on any atom is -0.376 e. The van der Waals surface area contributed by atoms with Crippen LogP contribution in [0.5, 0.6) is 0 Å². The predicted octanol–water partition coefficient (Wildman–Crippen LogP) is -1.32. The Morgan fingerprint density at radius 1 is 0.875 bits per heavy atom. The summed E-state index contributed by atoms with van der Waals surface area (Å²) >= 11 is 9.68. The maximum Gasteiger partial charge on any atom is 0.239 e. The van der Waals surface area contributed by atoms with E-state index in [0.717, 1.165) is 0 Å². The van der Waals surface area contributed by atoms with E-state index in [1.54, 1.807) is 12.2 Å². The van der Waals surface area contributed by atoms with Gasteiger partial charge in [0.2, 0.25) is 11.8 Å². The molecule has 0 aliphatic carbocycles. The summed E-state index contributed by atoms with van der Waals surface area (Å²) in [6.45, 7) is 8.53. The highest BCUT2D eigenvalue weighted by Gasteiger charge is 2.11. The average molecular weight is 373 g/mol. The van der Waals surface area contributed by atoms with Crippen LogP contribution in [0, 0.1) is 0 Å². The summed E-state index contributed by atoms with van der Waals surface area (Å²) in [4.78, 5) is 26.5. The topological polar surface area (TPSA) is 117 Å². The van der Waals surface area contributed by atoms with Crippen molar-refractivity contribution < 1.29 is 9.59 Å². The molecular formula is C14H24N6O2S2. The molecule has 0 saturated carbocycles. The molecule has 2 amide bonds. The number of nitrogens with one attached hydrogen (secondary N) is 2. The summed E-state index contributed by atoms with van der Waals surface area (Å²) in [5.74, 6) is -0.509. The van der Waals surface area contributed by atoms with E-state index in [1.165, 1.54) is 9.80 Å². The maximum atomic E-state index is 11.8. The second-order valence-corrected chi connectivity index (χ2v) is 5.55. The van der Waals surface area contributed by atoms with E-state index < -0.39 is 0 Å². The van der Waals surface area contributed by atoms with Gasteiger partial charge in [-0.2, -0.15) is 0 Å². The molecule has 0 aromatic carbocycles. The molecule has 0 rings (SSSR count). The van der Waals surface area contributed by atoms with E-state index >= 15 is 0 Å². The Morgan fingerprint density at radius 2 is 1.21 bits per heavy atom. The molecule has 8 nitrogen and oxygen atoms in total. The Labute approximate surface area is 152 Å². The van der Waals surface area contributed by atoms with E-state index in [2.05, 4.69) is 23.8 Å². The number of nitrogens with zero attached hydrogens (tertiary/aromatic N) is 2. The van der Waals surface area contributed by atoms with Gasteiger partial charge >= 0.3 is 0 Å². The van der Waals surface area contributed by atoms with Crippen molar-refractivity contribution in [1.29, 1.82) is 0 Å². The van der Waals surface area contributed by atoms with Crippen molar-refractivity contribution in [1.82, 2.24) is 20.4 Å². The number of rotatable bonds is 11. The van der Waals surface area contributed by atoms with Gasteiger partial charge in [0.15, 0.2) is 10.2 Å². The van der Waals surface area contributed by atoms with Crippen molar-refractivity contribution in [3.8, 4) is 0 Å². The fourth-order valence-corrected chi connectivity index (χ4v) is 1.92. The Kier molecular flexibility index (Phi) is 11.1. The first-order chi connectivity index (χ1) is 11.3. The van der Waals surface area contributed by atoms with Crippen LogP contribution in [0.4, 0.5) is 0 Å². The van der Waals surface area contributed by atoms with E-state index in [4.69, 9.17) is 35.9 Å². The van der Waals surface area contributed by atoms with Gasteiger partial charge in [0.1, 0.15) is 0 Å². The zero-order valence-corrected chi connectivity index (χ0v) is 15.1. The van der Waals surface area contributed by atoms with Crippen LogP contribution in [0.3, 0.4) is 0 Å². The molecule has 0 radical (unpaired) electrons. The zero-order valence-electron chi connectivity index (χ0n) is 13.5. The first-order valence-electron chi connectivity index (χ1n) is 7.15. The summed E-state index contributed by atoms with van der Waals surface area (Å²) in [6, 6.07) is 0. The SMILES string of the molecule is C=CCN(CC(=O)NCCNC(=O)CN(CC=C)C(N)=S)C(N)=S. The molecule has 24 heavy (non-hydrogen) atoms. The molecule has 0 aliphatic heterocycles. The van der Waals surface area contributed by atoms with Gasteiger partial charge in [-0.15, -0.1) is 13.2 Å². The highest BCUT2D eigenvalue weighted by Crippen LogP contribution is 1.89. The molecule has 0 saturated heterocycles. The van der Waals surface area contributed by atoms with Crippen LogP contribution in [-0.4, -0.2) is 71.1 Å². The van der Waals surface area contributed by atoms with Gasteiger partial charge in [-0.1, -0.05) is 12.2 Å². The van der Waals surface area contributed by atoms with Crippen molar-refractivity contribution in [2.75, 3.05) is 39.3 Å². The molecule has 0 unspecified atom stereocenters. The minimum absolute atomic E-state index is 0.0316. The predicted molar refractivity (Wildman–Crippen MR) is 103 cm³/mol. The molecule has 0 heterocycles. The third-order valence-corrected chi connectivity index (χ3v) is 3.28. The normalized spacial score (nSPS) is 9.50. The van der Waals surface area contributed by atoms with E-state index in [-0.39, 0.29) is 48.2 Å². The second-order valence-electron chi connectivity index (χ2n) is 4.71. The van der Waals surface area contributed by atoms with Crippen molar-refractivity contribution in [3.05, 3.63) is 25.3 Å². The molecule has 6 N–H and O–H groups in total. The number of carbonyl (C=O) groups excluding carboxylic acids is 2. The molecule has 0 atom stereocenters. The summed E-state index contributed by atoms with van der Waals surface area (Å²) in [7, 11) is 0. The minimum atomic E-state index is -0.254. The molecule has 0 aliphatic rings. The fraction of sp³-hybridized carbons (Fsp3) is 0.429. The first kappa shape index (κ1) is 21.8. The lowest BCUT2D eigenvalue weighted by molar-refractivity contribution is -0.123. The summed E-state index contributed by atoms with van der Waals surface area (Å²) in [6.07, 6.45) is 3.20. The number of hydrogen-bond donors (Lipinski definition) is 4. The zero-order chi connectivity index (χ0) is 18.5. The molecule has 0 spiro atoms. The lowest BCUT2D eigenvalue weighted by Gasteiger charge is -2.21. The Hall–Kier alpha value is -2.20. The lowest BCUT2D eigenvalue weighted by Crippen LogP contribution is -2.46. The van der Waals surface area contributed by atoms with E-state index in [1.807, 2.05) is 0 Å². The Balaban J connectivity index is 4.06. The molecule has 0 aromatic heterocycles. The molecule has 134 valence electrons. The number of amides is 2. The highest BCUT2D eigenvalue weighted by molar-refractivity contribution is 7.80. The largest absolute Gasteiger partial charge is 0.376 e. The van der Waals surface area contributed by atoms with Gasteiger partial charge in [0, 0.05) is 26.2 Å². The molecule has 0 aromatic rings. The lowest BCUT2D eigenvalue weighted by atomic mass is 10.4. The van der Waals surface area contributed by atoms with Crippen LogP contribution in [0.2, 0.25) is 0 Å². The van der Waals surface area contributed by atoms with E-state index in [0.29, 0.717) is 13.1 Å². The smallest absolute Gasteiger partial charge is 0.239 e.